The predicted octanol–water partition coefficient (Wildman–Crippen LogP) is 3.73. The van der Waals surface area contributed by atoms with Crippen LogP contribution >= 0.6 is 31.9 Å². The van der Waals surface area contributed by atoms with Crippen molar-refractivity contribution in [2.24, 2.45) is 0 Å². The van der Waals surface area contributed by atoms with Crippen molar-refractivity contribution in [2.75, 3.05) is 0 Å². The fraction of sp³-hybridized carbons (Fsp3) is 0.0667. The Balaban J connectivity index is 2.16. The number of phenolic OH excluding ortho intramolecular Hbond substituents is 1. The minimum absolute atomic E-state index is 0.0453. The number of aromatic hydroxyl groups is 1. The van der Waals surface area contributed by atoms with E-state index in [1.54, 1.807) is 24.3 Å². The fourth-order valence-corrected chi connectivity index (χ4v) is 2.88. The van der Waals surface area contributed by atoms with Crippen LogP contribution in [0.25, 0.3) is 6.08 Å². The molecule has 0 unspecified atom stereocenters. The highest BCUT2D eigenvalue weighted by Crippen LogP contribution is 2.33. The molecule has 2 N–H and O–H groups in total. The standard InChI is InChI=1S/C15H10Br2N2O3/c16-12-5-9(6-13(17)14(12)20)4-10(7-18)15(21)19-8-11-2-1-3-22-11/h1-6,20H,8H2,(H,19,21). The van der Waals surface area contributed by atoms with Gasteiger partial charge in [-0.3, -0.25) is 4.79 Å². The first-order chi connectivity index (χ1) is 10.5. The van der Waals surface area contributed by atoms with Gasteiger partial charge >= 0.3 is 0 Å². The highest BCUT2D eigenvalue weighted by molar-refractivity contribution is 9.11. The van der Waals surface area contributed by atoms with Crippen molar-refractivity contribution in [2.45, 2.75) is 6.54 Å². The lowest BCUT2D eigenvalue weighted by atomic mass is 10.1. The molecule has 1 aromatic heterocycles. The van der Waals surface area contributed by atoms with Gasteiger partial charge in [-0.05, 0) is 67.8 Å². The molecule has 0 spiro atoms. The van der Waals surface area contributed by atoms with Crippen molar-refractivity contribution in [3.8, 4) is 11.8 Å². The zero-order chi connectivity index (χ0) is 16.1. The quantitative estimate of drug-likeness (QED) is 0.577. The molecule has 5 nitrogen and oxygen atoms in total. The summed E-state index contributed by atoms with van der Waals surface area (Å²) in [6.45, 7) is 0.202. The molecule has 0 bridgehead atoms. The summed E-state index contributed by atoms with van der Waals surface area (Å²) in [6, 6.07) is 8.52. The summed E-state index contributed by atoms with van der Waals surface area (Å²) in [7, 11) is 0. The molecular weight excluding hydrogens is 416 g/mol. The van der Waals surface area contributed by atoms with Crippen LogP contribution in [0.15, 0.2) is 49.5 Å². The SMILES string of the molecule is N#CC(=Cc1cc(Br)c(O)c(Br)c1)C(=O)NCc1ccco1. The first-order valence-electron chi connectivity index (χ1n) is 6.11. The second-order valence-electron chi connectivity index (χ2n) is 4.27. The summed E-state index contributed by atoms with van der Waals surface area (Å²) in [5.41, 5.74) is 0.553. The number of nitriles is 1. The lowest BCUT2D eigenvalue weighted by Gasteiger charge is -2.04. The number of furan rings is 1. The van der Waals surface area contributed by atoms with E-state index in [-0.39, 0.29) is 17.9 Å². The molecule has 112 valence electrons. The summed E-state index contributed by atoms with van der Waals surface area (Å²) in [5.74, 6) is 0.151. The van der Waals surface area contributed by atoms with Crippen LogP contribution < -0.4 is 5.32 Å². The fourth-order valence-electron chi connectivity index (χ4n) is 1.66. The first-order valence-corrected chi connectivity index (χ1v) is 7.70. The van der Waals surface area contributed by atoms with E-state index in [1.807, 2.05) is 6.07 Å². The number of rotatable bonds is 4. The van der Waals surface area contributed by atoms with Crippen LogP contribution in [0.5, 0.6) is 5.75 Å². The Kier molecular flexibility index (Phi) is 5.41. The molecule has 2 aromatic rings. The molecule has 0 saturated carbocycles. The van der Waals surface area contributed by atoms with Crippen molar-refractivity contribution in [1.82, 2.24) is 5.32 Å². The van der Waals surface area contributed by atoms with Crippen molar-refractivity contribution in [3.63, 3.8) is 0 Å². The summed E-state index contributed by atoms with van der Waals surface area (Å²) in [6.07, 6.45) is 2.94. The van der Waals surface area contributed by atoms with E-state index in [0.717, 1.165) is 0 Å². The third-order valence-corrected chi connectivity index (χ3v) is 3.93. The zero-order valence-electron chi connectivity index (χ0n) is 11.1. The first kappa shape index (κ1) is 16.3. The third kappa shape index (κ3) is 4.00. The topological polar surface area (TPSA) is 86.3 Å². The van der Waals surface area contributed by atoms with Gasteiger partial charge in [0.2, 0.25) is 0 Å². The van der Waals surface area contributed by atoms with Gasteiger partial charge in [-0.25, -0.2) is 0 Å². The third-order valence-electron chi connectivity index (χ3n) is 2.72. The van der Waals surface area contributed by atoms with Crippen LogP contribution in [0.3, 0.4) is 0 Å². The summed E-state index contributed by atoms with van der Waals surface area (Å²) in [4.78, 5) is 12.0. The number of carbonyl (C=O) groups is 1. The van der Waals surface area contributed by atoms with E-state index in [2.05, 4.69) is 37.2 Å². The minimum Gasteiger partial charge on any atom is -0.506 e. The smallest absolute Gasteiger partial charge is 0.262 e. The van der Waals surface area contributed by atoms with Crippen LogP contribution in [0.2, 0.25) is 0 Å². The van der Waals surface area contributed by atoms with Crippen molar-refractivity contribution < 1.29 is 14.3 Å². The van der Waals surface area contributed by atoms with Gasteiger partial charge in [0.1, 0.15) is 23.2 Å². The Bertz CT molecular complexity index is 739. The number of benzene rings is 1. The number of halogens is 2. The molecule has 0 aliphatic rings. The van der Waals surface area contributed by atoms with E-state index >= 15 is 0 Å². The molecule has 0 atom stereocenters. The zero-order valence-corrected chi connectivity index (χ0v) is 14.3. The van der Waals surface area contributed by atoms with Gasteiger partial charge in [-0.1, -0.05) is 0 Å². The minimum atomic E-state index is -0.501. The second kappa shape index (κ2) is 7.29. The maximum Gasteiger partial charge on any atom is 0.262 e. The molecule has 0 aliphatic heterocycles. The van der Waals surface area contributed by atoms with Crippen molar-refractivity contribution >= 4 is 43.8 Å². The highest BCUT2D eigenvalue weighted by Gasteiger charge is 2.11. The van der Waals surface area contributed by atoms with Crippen molar-refractivity contribution in [1.29, 1.82) is 5.26 Å². The van der Waals surface area contributed by atoms with Crippen LogP contribution in [0, 0.1) is 11.3 Å². The van der Waals surface area contributed by atoms with E-state index in [4.69, 9.17) is 9.68 Å². The van der Waals surface area contributed by atoms with Gasteiger partial charge in [0.25, 0.3) is 5.91 Å². The van der Waals surface area contributed by atoms with E-state index in [9.17, 15) is 9.90 Å². The van der Waals surface area contributed by atoms with E-state index < -0.39 is 5.91 Å². The Labute approximate surface area is 143 Å². The van der Waals surface area contributed by atoms with Gasteiger partial charge in [0, 0.05) is 0 Å². The number of amides is 1. The van der Waals surface area contributed by atoms with Gasteiger partial charge in [-0.2, -0.15) is 5.26 Å². The normalized spacial score (nSPS) is 11.0. The predicted molar refractivity (Wildman–Crippen MR) is 87.7 cm³/mol. The van der Waals surface area contributed by atoms with Gasteiger partial charge < -0.3 is 14.8 Å². The number of nitrogens with one attached hydrogen (secondary N) is 1. The maximum absolute atomic E-state index is 12.0. The number of hydrogen-bond donors (Lipinski definition) is 2. The summed E-state index contributed by atoms with van der Waals surface area (Å²) >= 11 is 6.40. The Morgan fingerprint density at radius 2 is 2.09 bits per heavy atom. The average molecular weight is 426 g/mol. The Hall–Kier alpha value is -2.04. The summed E-state index contributed by atoms with van der Waals surface area (Å²) < 4.78 is 6.02. The number of carbonyl (C=O) groups excluding carboxylic acids is 1. The lowest BCUT2D eigenvalue weighted by molar-refractivity contribution is -0.117. The molecule has 7 heteroatoms. The lowest BCUT2D eigenvalue weighted by Crippen LogP contribution is -2.23. The molecule has 2 rings (SSSR count). The largest absolute Gasteiger partial charge is 0.506 e. The van der Waals surface area contributed by atoms with E-state index in [0.29, 0.717) is 20.3 Å². The van der Waals surface area contributed by atoms with Gasteiger partial charge in [0.15, 0.2) is 0 Å². The average Bonchev–Trinajstić information content (AvgIpc) is 3.01. The molecule has 22 heavy (non-hydrogen) atoms. The van der Waals surface area contributed by atoms with E-state index in [1.165, 1.54) is 12.3 Å². The monoisotopic (exact) mass is 424 g/mol. The molecule has 1 aromatic carbocycles. The molecule has 0 saturated heterocycles. The van der Waals surface area contributed by atoms with Crippen LogP contribution in [-0.2, 0) is 11.3 Å². The Morgan fingerprint density at radius 1 is 1.41 bits per heavy atom. The molecule has 0 aliphatic carbocycles. The number of nitrogens with zero attached hydrogens (tertiary/aromatic N) is 1. The summed E-state index contributed by atoms with van der Waals surface area (Å²) in [5, 5.41) is 21.4. The van der Waals surface area contributed by atoms with Crippen LogP contribution in [0.4, 0.5) is 0 Å². The molecule has 1 amide bonds. The van der Waals surface area contributed by atoms with Gasteiger partial charge in [0.05, 0.1) is 21.8 Å². The van der Waals surface area contributed by atoms with Crippen LogP contribution in [0.1, 0.15) is 11.3 Å². The molecule has 0 radical (unpaired) electrons. The Morgan fingerprint density at radius 3 is 2.64 bits per heavy atom. The molecule has 1 heterocycles. The van der Waals surface area contributed by atoms with Crippen molar-refractivity contribution in [3.05, 3.63) is 56.4 Å². The second-order valence-corrected chi connectivity index (χ2v) is 5.97. The maximum atomic E-state index is 12.0. The molecule has 0 fully saturated rings. The highest BCUT2D eigenvalue weighted by atomic mass is 79.9. The number of phenols is 1. The molecular formula is C15H10Br2N2O3. The van der Waals surface area contributed by atoms with Crippen LogP contribution in [-0.4, -0.2) is 11.0 Å². The van der Waals surface area contributed by atoms with Gasteiger partial charge in [-0.15, -0.1) is 0 Å². The number of hydrogen-bond acceptors (Lipinski definition) is 4.